The number of halogens is 1. The Kier molecular flexibility index (Phi) is 3.77. The molecule has 1 aliphatic rings. The van der Waals surface area contributed by atoms with E-state index in [2.05, 4.69) is 74.8 Å². The molecular formula is C15H18IN3. The highest BCUT2D eigenvalue weighted by atomic mass is 127. The number of rotatable bonds is 3. The first-order chi connectivity index (χ1) is 9.24. The topological polar surface area (TPSA) is 29.9 Å². The zero-order valence-corrected chi connectivity index (χ0v) is 13.2. The number of imidazole rings is 1. The smallest absolute Gasteiger partial charge is 0.207 e. The van der Waals surface area contributed by atoms with E-state index in [4.69, 9.17) is 0 Å². The van der Waals surface area contributed by atoms with E-state index in [1.54, 1.807) is 0 Å². The number of nitrogens with one attached hydrogen (secondary N) is 1. The Labute approximate surface area is 127 Å². The van der Waals surface area contributed by atoms with Gasteiger partial charge in [0.25, 0.3) is 0 Å². The van der Waals surface area contributed by atoms with Gasteiger partial charge in [-0.2, -0.15) is 0 Å². The molecule has 3 rings (SSSR count). The minimum atomic E-state index is 0.616. The largest absolute Gasteiger partial charge is 0.325 e. The second-order valence-electron chi connectivity index (χ2n) is 5.16. The second kappa shape index (κ2) is 5.53. The van der Waals surface area contributed by atoms with Crippen LogP contribution in [0, 0.1) is 10.5 Å². The van der Waals surface area contributed by atoms with Crippen molar-refractivity contribution in [3.63, 3.8) is 0 Å². The maximum Gasteiger partial charge on any atom is 0.207 e. The summed E-state index contributed by atoms with van der Waals surface area (Å²) in [4.78, 5) is 4.64. The Balaban J connectivity index is 1.90. The van der Waals surface area contributed by atoms with Crippen LogP contribution in [0.25, 0.3) is 0 Å². The highest BCUT2D eigenvalue weighted by Crippen LogP contribution is 2.33. The number of hydrogen-bond acceptors (Lipinski definition) is 2. The normalized spacial score (nSPS) is 15.9. The van der Waals surface area contributed by atoms with E-state index < -0.39 is 0 Å². The van der Waals surface area contributed by atoms with Gasteiger partial charge in [-0.1, -0.05) is 25.0 Å². The fourth-order valence-electron chi connectivity index (χ4n) is 2.75. The van der Waals surface area contributed by atoms with Crippen LogP contribution < -0.4 is 5.32 Å². The van der Waals surface area contributed by atoms with E-state index in [0.29, 0.717) is 6.04 Å². The first-order valence-electron chi connectivity index (χ1n) is 6.81. The van der Waals surface area contributed by atoms with Gasteiger partial charge in [-0.15, -0.1) is 0 Å². The molecule has 0 saturated heterocycles. The van der Waals surface area contributed by atoms with Gasteiger partial charge in [0.05, 0.1) is 11.4 Å². The molecule has 0 bridgehead atoms. The lowest BCUT2D eigenvalue weighted by atomic mass is 10.2. The number of aryl methyl sites for hydroxylation is 1. The fourth-order valence-corrected chi connectivity index (χ4v) is 3.27. The molecule has 0 unspecified atom stereocenters. The molecule has 0 amide bonds. The summed E-state index contributed by atoms with van der Waals surface area (Å²) in [6, 6.07) is 8.94. The molecule has 1 N–H and O–H groups in total. The Bertz CT molecular complexity index is 571. The zero-order chi connectivity index (χ0) is 13.2. The predicted molar refractivity (Wildman–Crippen MR) is 86.9 cm³/mol. The number of hydrogen-bond donors (Lipinski definition) is 1. The van der Waals surface area contributed by atoms with Crippen molar-refractivity contribution in [2.75, 3.05) is 5.32 Å². The molecule has 1 aromatic carbocycles. The molecule has 1 fully saturated rings. The molecule has 100 valence electrons. The molecule has 0 radical (unpaired) electrons. The molecule has 3 nitrogen and oxygen atoms in total. The lowest BCUT2D eigenvalue weighted by Crippen LogP contribution is -2.08. The van der Waals surface area contributed by atoms with Crippen molar-refractivity contribution >= 4 is 34.2 Å². The van der Waals surface area contributed by atoms with Crippen molar-refractivity contribution in [2.45, 2.75) is 38.6 Å². The molecule has 1 saturated carbocycles. The molecule has 1 heterocycles. The van der Waals surface area contributed by atoms with E-state index >= 15 is 0 Å². The zero-order valence-electron chi connectivity index (χ0n) is 11.1. The van der Waals surface area contributed by atoms with Crippen molar-refractivity contribution in [3.05, 3.63) is 39.7 Å². The summed E-state index contributed by atoms with van der Waals surface area (Å²) in [6.45, 7) is 2.06. The minimum absolute atomic E-state index is 0.616. The van der Waals surface area contributed by atoms with Gasteiger partial charge in [0.2, 0.25) is 5.95 Å². The third-order valence-corrected chi connectivity index (χ3v) is 4.63. The average Bonchev–Trinajstić information content (AvgIpc) is 3.01. The first kappa shape index (κ1) is 13.0. The van der Waals surface area contributed by atoms with Gasteiger partial charge < -0.3 is 9.88 Å². The van der Waals surface area contributed by atoms with Crippen molar-refractivity contribution in [2.24, 2.45) is 0 Å². The van der Waals surface area contributed by atoms with E-state index in [1.807, 2.05) is 0 Å². The summed E-state index contributed by atoms with van der Waals surface area (Å²) >= 11 is 2.35. The highest BCUT2D eigenvalue weighted by molar-refractivity contribution is 14.1. The van der Waals surface area contributed by atoms with Crippen LogP contribution in [0.1, 0.15) is 37.4 Å². The summed E-state index contributed by atoms with van der Waals surface area (Å²) in [6.07, 6.45) is 7.40. The fraction of sp³-hybridized carbons (Fsp3) is 0.400. The van der Waals surface area contributed by atoms with Crippen molar-refractivity contribution in [1.29, 1.82) is 0 Å². The van der Waals surface area contributed by atoms with Gasteiger partial charge in [0, 0.05) is 15.8 Å². The number of para-hydroxylation sites is 1. The van der Waals surface area contributed by atoms with Crippen LogP contribution in [0.3, 0.4) is 0 Å². The van der Waals surface area contributed by atoms with Gasteiger partial charge in [-0.3, -0.25) is 0 Å². The van der Waals surface area contributed by atoms with Crippen molar-refractivity contribution in [3.8, 4) is 0 Å². The van der Waals surface area contributed by atoms with Gasteiger partial charge in [0.1, 0.15) is 0 Å². The lowest BCUT2D eigenvalue weighted by molar-refractivity contribution is 0.524. The van der Waals surface area contributed by atoms with Crippen molar-refractivity contribution in [1.82, 2.24) is 9.55 Å². The quantitative estimate of drug-likeness (QED) is 0.800. The second-order valence-corrected chi connectivity index (χ2v) is 6.32. The lowest BCUT2D eigenvalue weighted by Gasteiger charge is -2.16. The van der Waals surface area contributed by atoms with Gasteiger partial charge >= 0.3 is 0 Å². The molecule has 2 aromatic rings. The van der Waals surface area contributed by atoms with Gasteiger partial charge in [0.15, 0.2) is 0 Å². The molecule has 0 atom stereocenters. The molecule has 19 heavy (non-hydrogen) atoms. The summed E-state index contributed by atoms with van der Waals surface area (Å²) in [5, 5.41) is 3.48. The third-order valence-electron chi connectivity index (χ3n) is 3.69. The first-order valence-corrected chi connectivity index (χ1v) is 7.89. The molecular weight excluding hydrogens is 349 g/mol. The van der Waals surface area contributed by atoms with E-state index in [9.17, 15) is 0 Å². The summed E-state index contributed by atoms with van der Waals surface area (Å²) < 4.78 is 3.55. The molecule has 0 aliphatic heterocycles. The minimum Gasteiger partial charge on any atom is -0.325 e. The predicted octanol–water partition coefficient (Wildman–Crippen LogP) is 4.65. The van der Waals surface area contributed by atoms with Crippen LogP contribution in [0.2, 0.25) is 0 Å². The number of anilines is 2. The van der Waals surface area contributed by atoms with E-state index in [1.165, 1.54) is 29.3 Å². The Hall–Kier alpha value is -1.04. The van der Waals surface area contributed by atoms with E-state index in [-0.39, 0.29) is 0 Å². The maximum absolute atomic E-state index is 4.64. The number of aromatic nitrogens is 2. The van der Waals surface area contributed by atoms with Crippen LogP contribution in [-0.4, -0.2) is 9.55 Å². The van der Waals surface area contributed by atoms with Crippen LogP contribution in [0.5, 0.6) is 0 Å². The average molecular weight is 367 g/mol. The van der Waals surface area contributed by atoms with Crippen LogP contribution in [-0.2, 0) is 0 Å². The maximum atomic E-state index is 4.64. The number of benzene rings is 1. The SMILES string of the molecule is Cc1cn(C2CCCC2)c(Nc2ccccc2I)n1. The third kappa shape index (κ3) is 2.78. The van der Waals surface area contributed by atoms with Gasteiger partial charge in [-0.25, -0.2) is 4.98 Å². The highest BCUT2D eigenvalue weighted by Gasteiger charge is 2.20. The Morgan fingerprint density at radius 1 is 1.26 bits per heavy atom. The van der Waals surface area contributed by atoms with Gasteiger partial charge in [-0.05, 0) is 54.5 Å². The summed E-state index contributed by atoms with van der Waals surface area (Å²) in [7, 11) is 0. The Morgan fingerprint density at radius 2 is 2.00 bits per heavy atom. The standard InChI is InChI=1S/C15H18IN3/c1-11-10-19(12-6-2-3-7-12)15(17-11)18-14-9-5-4-8-13(14)16/h4-5,8-10,12H,2-3,6-7H2,1H3,(H,17,18). The van der Waals surface area contributed by atoms with Crippen molar-refractivity contribution < 1.29 is 0 Å². The van der Waals surface area contributed by atoms with Crippen LogP contribution in [0.4, 0.5) is 11.6 Å². The molecule has 0 spiro atoms. The summed E-state index contributed by atoms with van der Waals surface area (Å²) in [5.41, 5.74) is 2.22. The van der Waals surface area contributed by atoms with E-state index in [0.717, 1.165) is 17.3 Å². The summed E-state index contributed by atoms with van der Waals surface area (Å²) in [5.74, 6) is 0.980. The molecule has 4 heteroatoms. The molecule has 1 aromatic heterocycles. The number of nitrogens with zero attached hydrogens (tertiary/aromatic N) is 2. The van der Waals surface area contributed by atoms with Crippen LogP contribution in [0.15, 0.2) is 30.5 Å². The monoisotopic (exact) mass is 367 g/mol. The van der Waals surface area contributed by atoms with Crippen LogP contribution >= 0.6 is 22.6 Å². The Morgan fingerprint density at radius 3 is 2.74 bits per heavy atom. The molecule has 1 aliphatic carbocycles.